The predicted octanol–water partition coefficient (Wildman–Crippen LogP) is 1.70. The Balaban J connectivity index is 0.00000180. The van der Waals surface area contributed by atoms with Gasteiger partial charge in [0.1, 0.15) is 0 Å². The minimum absolute atomic E-state index is 0. The van der Waals surface area contributed by atoms with Crippen LogP contribution < -0.4 is 10.6 Å². The van der Waals surface area contributed by atoms with Crippen molar-refractivity contribution >= 4 is 24.0 Å². The number of benzene rings is 1. The van der Waals surface area contributed by atoms with E-state index in [1.807, 2.05) is 0 Å². The van der Waals surface area contributed by atoms with Gasteiger partial charge in [-0.1, -0.05) is 0 Å². The lowest BCUT2D eigenvalue weighted by molar-refractivity contribution is -0.117. The van der Waals surface area contributed by atoms with Crippen LogP contribution in [-0.2, 0) is 9.53 Å². The first kappa shape index (κ1) is 15.8. The van der Waals surface area contributed by atoms with Crippen molar-refractivity contribution in [3.8, 4) is 0 Å². The summed E-state index contributed by atoms with van der Waals surface area (Å²) in [6, 6.07) is 3.22. The molecule has 1 aromatic rings. The number of anilines is 1. The highest BCUT2D eigenvalue weighted by molar-refractivity contribution is 5.91. The summed E-state index contributed by atoms with van der Waals surface area (Å²) in [6.45, 7) is 1.83. The van der Waals surface area contributed by atoms with Crippen molar-refractivity contribution in [1.29, 1.82) is 0 Å². The second-order valence-corrected chi connectivity index (χ2v) is 4.11. The normalized spacial score (nSPS) is 18.5. The molecule has 1 amide bonds. The van der Waals surface area contributed by atoms with E-state index in [0.717, 1.165) is 12.1 Å². The molecule has 2 N–H and O–H groups in total. The smallest absolute Gasteiger partial charge is 0.226 e. The fraction of sp³-hybridized carbons (Fsp3) is 0.417. The summed E-state index contributed by atoms with van der Waals surface area (Å²) in [5.41, 5.74) is 0.246. The molecule has 106 valence electrons. The van der Waals surface area contributed by atoms with E-state index in [-0.39, 0.29) is 36.5 Å². The highest BCUT2D eigenvalue weighted by Crippen LogP contribution is 2.13. The summed E-state index contributed by atoms with van der Waals surface area (Å²) in [5.74, 6) is -2.17. The number of amides is 1. The van der Waals surface area contributed by atoms with Gasteiger partial charge >= 0.3 is 0 Å². The summed E-state index contributed by atoms with van der Waals surface area (Å²) < 4.78 is 30.8. The van der Waals surface area contributed by atoms with Gasteiger partial charge in [-0.2, -0.15) is 0 Å². The molecular formula is C12H15ClF2N2O2. The van der Waals surface area contributed by atoms with E-state index in [1.54, 1.807) is 0 Å². The summed E-state index contributed by atoms with van der Waals surface area (Å²) in [4.78, 5) is 11.7. The van der Waals surface area contributed by atoms with Gasteiger partial charge in [0.25, 0.3) is 0 Å². The van der Waals surface area contributed by atoms with Gasteiger partial charge in [0.05, 0.1) is 13.2 Å². The molecule has 0 bridgehead atoms. The first-order valence-electron chi connectivity index (χ1n) is 5.71. The van der Waals surface area contributed by atoms with E-state index in [4.69, 9.17) is 4.74 Å². The molecule has 1 fully saturated rings. The SMILES string of the molecule is Cl.O=C(CC1COCCN1)Nc1ccc(F)c(F)c1. The molecule has 0 aromatic heterocycles. The zero-order valence-corrected chi connectivity index (χ0v) is 10.9. The van der Waals surface area contributed by atoms with Crippen LogP contribution in [0.15, 0.2) is 18.2 Å². The van der Waals surface area contributed by atoms with Crippen LogP contribution in [0.1, 0.15) is 6.42 Å². The van der Waals surface area contributed by atoms with Crippen LogP contribution in [0.25, 0.3) is 0 Å². The molecule has 0 spiro atoms. The molecule has 7 heteroatoms. The van der Waals surface area contributed by atoms with Crippen LogP contribution >= 0.6 is 12.4 Å². The second-order valence-electron chi connectivity index (χ2n) is 4.11. The summed E-state index contributed by atoms with van der Waals surface area (Å²) in [6.07, 6.45) is 0.235. The molecule has 0 saturated carbocycles. The molecule has 1 atom stereocenters. The van der Waals surface area contributed by atoms with E-state index >= 15 is 0 Å². The average molecular weight is 293 g/mol. The zero-order valence-electron chi connectivity index (χ0n) is 10.1. The Kier molecular flexibility index (Phi) is 6.14. The molecular weight excluding hydrogens is 278 g/mol. The summed E-state index contributed by atoms with van der Waals surface area (Å²) in [5, 5.41) is 5.65. The zero-order chi connectivity index (χ0) is 13.0. The number of halogens is 3. The van der Waals surface area contributed by atoms with Crippen molar-refractivity contribution in [2.45, 2.75) is 12.5 Å². The Hall–Kier alpha value is -1.24. The lowest BCUT2D eigenvalue weighted by Gasteiger charge is -2.23. The van der Waals surface area contributed by atoms with Crippen LogP contribution in [0.4, 0.5) is 14.5 Å². The lowest BCUT2D eigenvalue weighted by Crippen LogP contribution is -2.43. The maximum absolute atomic E-state index is 12.9. The Morgan fingerprint density at radius 1 is 1.42 bits per heavy atom. The third kappa shape index (κ3) is 4.74. The highest BCUT2D eigenvalue weighted by atomic mass is 35.5. The van der Waals surface area contributed by atoms with Crippen LogP contribution in [0.2, 0.25) is 0 Å². The Labute approximate surface area is 115 Å². The maximum Gasteiger partial charge on any atom is 0.226 e. The quantitative estimate of drug-likeness (QED) is 0.892. The van der Waals surface area contributed by atoms with Gasteiger partial charge in [-0.05, 0) is 12.1 Å². The number of ether oxygens (including phenoxy) is 1. The van der Waals surface area contributed by atoms with E-state index in [0.29, 0.717) is 19.8 Å². The van der Waals surface area contributed by atoms with Gasteiger partial charge < -0.3 is 15.4 Å². The fourth-order valence-corrected chi connectivity index (χ4v) is 1.76. The Morgan fingerprint density at radius 2 is 2.21 bits per heavy atom. The van der Waals surface area contributed by atoms with Gasteiger partial charge in [0.15, 0.2) is 11.6 Å². The molecule has 1 aromatic carbocycles. The van der Waals surface area contributed by atoms with E-state index in [1.165, 1.54) is 6.07 Å². The van der Waals surface area contributed by atoms with Crippen molar-refractivity contribution < 1.29 is 18.3 Å². The van der Waals surface area contributed by atoms with Crippen LogP contribution in [0, 0.1) is 11.6 Å². The number of nitrogens with one attached hydrogen (secondary N) is 2. The number of hydrogen-bond donors (Lipinski definition) is 2. The Morgan fingerprint density at radius 3 is 2.84 bits per heavy atom. The van der Waals surface area contributed by atoms with Crippen molar-refractivity contribution in [2.75, 3.05) is 25.1 Å². The molecule has 4 nitrogen and oxygen atoms in total. The molecule has 1 heterocycles. The molecule has 1 unspecified atom stereocenters. The van der Waals surface area contributed by atoms with Crippen LogP contribution in [-0.4, -0.2) is 31.7 Å². The second kappa shape index (κ2) is 7.37. The van der Waals surface area contributed by atoms with E-state index < -0.39 is 11.6 Å². The van der Waals surface area contributed by atoms with Gasteiger partial charge in [0.2, 0.25) is 5.91 Å². The largest absolute Gasteiger partial charge is 0.378 e. The van der Waals surface area contributed by atoms with Crippen molar-refractivity contribution in [2.24, 2.45) is 0 Å². The van der Waals surface area contributed by atoms with Gasteiger partial charge in [-0.3, -0.25) is 4.79 Å². The minimum atomic E-state index is -0.980. The molecule has 0 aliphatic carbocycles. The van der Waals surface area contributed by atoms with Crippen molar-refractivity contribution in [1.82, 2.24) is 5.32 Å². The first-order chi connectivity index (χ1) is 8.65. The molecule has 1 aliphatic heterocycles. The van der Waals surface area contributed by atoms with Crippen LogP contribution in [0.3, 0.4) is 0 Å². The van der Waals surface area contributed by atoms with Gasteiger partial charge in [0, 0.05) is 30.8 Å². The van der Waals surface area contributed by atoms with E-state index in [2.05, 4.69) is 10.6 Å². The molecule has 1 aliphatic rings. The summed E-state index contributed by atoms with van der Waals surface area (Å²) in [7, 11) is 0. The molecule has 1 saturated heterocycles. The molecule has 2 rings (SSSR count). The predicted molar refractivity (Wildman–Crippen MR) is 69.5 cm³/mol. The Bertz CT molecular complexity index is 440. The average Bonchev–Trinajstić information content (AvgIpc) is 2.35. The van der Waals surface area contributed by atoms with E-state index in [9.17, 15) is 13.6 Å². The van der Waals surface area contributed by atoms with Gasteiger partial charge in [-0.25, -0.2) is 8.78 Å². The number of carbonyl (C=O) groups is 1. The number of hydrogen-bond acceptors (Lipinski definition) is 3. The standard InChI is InChI=1S/C12H14F2N2O2.ClH/c13-10-2-1-8(5-11(10)14)16-12(17)6-9-7-18-4-3-15-9;/h1-2,5,9,15H,3-4,6-7H2,(H,16,17);1H. The maximum atomic E-state index is 12.9. The molecule has 0 radical (unpaired) electrons. The fourth-order valence-electron chi connectivity index (χ4n) is 1.76. The van der Waals surface area contributed by atoms with Crippen molar-refractivity contribution in [3.63, 3.8) is 0 Å². The monoisotopic (exact) mass is 292 g/mol. The molecule has 19 heavy (non-hydrogen) atoms. The third-order valence-electron chi connectivity index (χ3n) is 2.63. The lowest BCUT2D eigenvalue weighted by atomic mass is 10.2. The highest BCUT2D eigenvalue weighted by Gasteiger charge is 2.17. The minimum Gasteiger partial charge on any atom is -0.378 e. The third-order valence-corrected chi connectivity index (χ3v) is 2.63. The van der Waals surface area contributed by atoms with Crippen molar-refractivity contribution in [3.05, 3.63) is 29.8 Å². The number of morpholine rings is 1. The van der Waals surface area contributed by atoms with Crippen LogP contribution in [0.5, 0.6) is 0 Å². The topological polar surface area (TPSA) is 50.4 Å². The summed E-state index contributed by atoms with van der Waals surface area (Å²) >= 11 is 0. The van der Waals surface area contributed by atoms with Gasteiger partial charge in [-0.15, -0.1) is 12.4 Å². The first-order valence-corrected chi connectivity index (χ1v) is 5.71. The number of rotatable bonds is 3. The number of carbonyl (C=O) groups excluding carboxylic acids is 1.